The van der Waals surface area contributed by atoms with Crippen molar-refractivity contribution in [2.75, 3.05) is 29.5 Å². The van der Waals surface area contributed by atoms with E-state index in [1.165, 1.54) is 0 Å². The summed E-state index contributed by atoms with van der Waals surface area (Å²) >= 11 is 1.82. The minimum absolute atomic E-state index is 0.0197. The van der Waals surface area contributed by atoms with E-state index < -0.39 is 0 Å². The molecule has 0 spiro atoms. The summed E-state index contributed by atoms with van der Waals surface area (Å²) in [6.45, 7) is 3.28. The van der Waals surface area contributed by atoms with Crippen LogP contribution in [0.1, 0.15) is 19.8 Å². The molecule has 0 saturated heterocycles. The largest absolute Gasteiger partial charge is 0.482 e. The van der Waals surface area contributed by atoms with Gasteiger partial charge in [0, 0.05) is 29.7 Å². The van der Waals surface area contributed by atoms with Gasteiger partial charge in [-0.3, -0.25) is 9.59 Å². The molecular weight excluding hydrogens is 360 g/mol. The standard InChI is InChI=1S/C21H22N2O3S/c1-15-10-12-23(17-7-3-5-9-19(17)27-15)20(24)11-13-22-16-6-2-4-8-18(16)26-14-21(22)25/h2-9,15H,10-14H2,1H3/t15-/m1/s1. The third-order valence-corrected chi connectivity index (χ3v) is 6.14. The number of rotatable bonds is 3. The molecular formula is C21H22N2O3S. The fraction of sp³-hybridized carbons (Fsp3) is 0.333. The van der Waals surface area contributed by atoms with Crippen molar-refractivity contribution in [1.29, 1.82) is 0 Å². The number of thioether (sulfide) groups is 1. The van der Waals surface area contributed by atoms with E-state index in [4.69, 9.17) is 4.74 Å². The number of carbonyl (C=O) groups excluding carboxylic acids is 2. The van der Waals surface area contributed by atoms with Gasteiger partial charge in [-0.05, 0) is 30.7 Å². The lowest BCUT2D eigenvalue weighted by Crippen LogP contribution is -2.42. The molecule has 5 nitrogen and oxygen atoms in total. The average Bonchev–Trinajstić information content (AvgIpc) is 2.85. The molecule has 140 valence electrons. The second kappa shape index (κ2) is 7.64. The highest BCUT2D eigenvalue weighted by molar-refractivity contribution is 8.00. The van der Waals surface area contributed by atoms with Gasteiger partial charge < -0.3 is 14.5 Å². The Kier molecular flexibility index (Phi) is 5.07. The lowest BCUT2D eigenvalue weighted by Gasteiger charge is -2.30. The van der Waals surface area contributed by atoms with Crippen LogP contribution in [0.5, 0.6) is 5.75 Å². The zero-order chi connectivity index (χ0) is 18.8. The van der Waals surface area contributed by atoms with Crippen molar-refractivity contribution in [2.24, 2.45) is 0 Å². The van der Waals surface area contributed by atoms with Crippen molar-refractivity contribution in [3.8, 4) is 5.75 Å². The predicted molar refractivity (Wildman–Crippen MR) is 108 cm³/mol. The molecule has 6 heteroatoms. The first-order chi connectivity index (χ1) is 13.1. The number of carbonyl (C=O) groups is 2. The number of anilines is 2. The van der Waals surface area contributed by atoms with E-state index in [0.29, 0.717) is 24.1 Å². The highest BCUT2D eigenvalue weighted by atomic mass is 32.2. The normalized spacial score (nSPS) is 19.0. The van der Waals surface area contributed by atoms with Crippen LogP contribution in [0, 0.1) is 0 Å². The highest BCUT2D eigenvalue weighted by Gasteiger charge is 2.28. The molecule has 0 N–H and O–H groups in total. The minimum atomic E-state index is -0.109. The summed E-state index contributed by atoms with van der Waals surface area (Å²) in [6, 6.07) is 15.5. The van der Waals surface area contributed by atoms with Gasteiger partial charge in [-0.15, -0.1) is 11.8 Å². The number of ether oxygens (including phenoxy) is 1. The van der Waals surface area contributed by atoms with Gasteiger partial charge in [0.1, 0.15) is 5.75 Å². The van der Waals surface area contributed by atoms with Gasteiger partial charge >= 0.3 is 0 Å². The van der Waals surface area contributed by atoms with Crippen LogP contribution >= 0.6 is 11.8 Å². The van der Waals surface area contributed by atoms with E-state index in [9.17, 15) is 9.59 Å². The summed E-state index contributed by atoms with van der Waals surface area (Å²) in [4.78, 5) is 30.0. The van der Waals surface area contributed by atoms with Gasteiger partial charge in [0.05, 0.1) is 11.4 Å². The number of hydrogen-bond donors (Lipinski definition) is 0. The maximum atomic E-state index is 13.0. The van der Waals surface area contributed by atoms with Gasteiger partial charge in [0.25, 0.3) is 5.91 Å². The molecule has 2 aromatic rings. The van der Waals surface area contributed by atoms with E-state index in [1.54, 1.807) is 4.90 Å². The average molecular weight is 382 g/mol. The topological polar surface area (TPSA) is 49.9 Å². The molecule has 27 heavy (non-hydrogen) atoms. The first-order valence-electron chi connectivity index (χ1n) is 9.22. The fourth-order valence-electron chi connectivity index (χ4n) is 3.49. The lowest BCUT2D eigenvalue weighted by atomic mass is 10.2. The van der Waals surface area contributed by atoms with E-state index in [1.807, 2.05) is 59.1 Å². The Morgan fingerprint density at radius 3 is 2.74 bits per heavy atom. The van der Waals surface area contributed by atoms with Gasteiger partial charge in [0.15, 0.2) is 6.61 Å². The molecule has 1 atom stereocenters. The number of benzene rings is 2. The van der Waals surface area contributed by atoms with Gasteiger partial charge in [0.2, 0.25) is 5.91 Å². The van der Waals surface area contributed by atoms with E-state index >= 15 is 0 Å². The van der Waals surface area contributed by atoms with Gasteiger partial charge in [-0.2, -0.15) is 0 Å². The SMILES string of the molecule is C[C@@H]1CCN(C(=O)CCN2C(=O)COc3ccccc32)c2ccccc2S1. The lowest BCUT2D eigenvalue weighted by molar-refractivity contribution is -0.121. The fourth-order valence-corrected chi connectivity index (χ4v) is 4.60. The summed E-state index contributed by atoms with van der Waals surface area (Å²) in [5.74, 6) is 0.630. The Labute approximate surface area is 163 Å². The molecule has 2 aliphatic rings. The second-order valence-corrected chi connectivity index (χ2v) is 8.26. The van der Waals surface area contributed by atoms with Crippen LogP contribution in [-0.4, -0.2) is 36.8 Å². The third-order valence-electron chi connectivity index (χ3n) is 4.90. The summed E-state index contributed by atoms with van der Waals surface area (Å²) in [5, 5.41) is 0.469. The first kappa shape index (κ1) is 17.9. The monoisotopic (exact) mass is 382 g/mol. The molecule has 2 aliphatic heterocycles. The van der Waals surface area contributed by atoms with Crippen LogP contribution in [0.3, 0.4) is 0 Å². The molecule has 0 bridgehead atoms. The molecule has 0 aliphatic carbocycles. The van der Waals surface area contributed by atoms with Gasteiger partial charge in [-0.1, -0.05) is 31.2 Å². The summed E-state index contributed by atoms with van der Waals surface area (Å²) in [5.41, 5.74) is 1.72. The molecule has 0 aromatic heterocycles. The number of nitrogens with zero attached hydrogens (tertiary/aromatic N) is 2. The predicted octanol–water partition coefficient (Wildman–Crippen LogP) is 3.72. The van der Waals surface area contributed by atoms with Crippen LogP contribution in [-0.2, 0) is 9.59 Å². The summed E-state index contributed by atoms with van der Waals surface area (Å²) in [6.07, 6.45) is 1.23. The third kappa shape index (κ3) is 3.67. The number of amides is 2. The highest BCUT2D eigenvalue weighted by Crippen LogP contribution is 2.37. The Bertz CT molecular complexity index is 870. The van der Waals surface area contributed by atoms with Gasteiger partial charge in [-0.25, -0.2) is 0 Å². The van der Waals surface area contributed by atoms with Crippen LogP contribution < -0.4 is 14.5 Å². The maximum absolute atomic E-state index is 13.0. The minimum Gasteiger partial charge on any atom is -0.482 e. The Morgan fingerprint density at radius 2 is 1.89 bits per heavy atom. The molecule has 4 rings (SSSR count). The van der Waals surface area contributed by atoms with Crippen LogP contribution in [0.2, 0.25) is 0 Å². The summed E-state index contributed by atoms with van der Waals surface area (Å²) in [7, 11) is 0. The van der Waals surface area contributed by atoms with Crippen LogP contribution in [0.15, 0.2) is 53.4 Å². The number of fused-ring (bicyclic) bond motifs is 2. The zero-order valence-electron chi connectivity index (χ0n) is 15.3. The Morgan fingerprint density at radius 1 is 1.15 bits per heavy atom. The second-order valence-electron chi connectivity index (χ2n) is 6.78. The van der Waals surface area contributed by atoms with E-state index in [0.717, 1.165) is 22.7 Å². The molecule has 0 saturated carbocycles. The van der Waals surface area contributed by atoms with Crippen molar-refractivity contribution >= 4 is 35.0 Å². The van der Waals surface area contributed by atoms with Crippen molar-refractivity contribution < 1.29 is 14.3 Å². The molecule has 2 amide bonds. The quantitative estimate of drug-likeness (QED) is 0.812. The molecule has 2 aromatic carbocycles. The zero-order valence-corrected chi connectivity index (χ0v) is 16.1. The summed E-state index contributed by atoms with van der Waals surface area (Å²) < 4.78 is 5.47. The molecule has 0 fully saturated rings. The van der Waals surface area contributed by atoms with Crippen LogP contribution in [0.4, 0.5) is 11.4 Å². The molecule has 0 unspecified atom stereocenters. The first-order valence-corrected chi connectivity index (χ1v) is 10.1. The number of hydrogen-bond acceptors (Lipinski definition) is 4. The Balaban J connectivity index is 1.51. The van der Waals surface area contributed by atoms with Crippen molar-refractivity contribution in [2.45, 2.75) is 29.9 Å². The Hall–Kier alpha value is -2.47. The number of para-hydroxylation sites is 3. The smallest absolute Gasteiger partial charge is 0.265 e. The van der Waals surface area contributed by atoms with Crippen molar-refractivity contribution in [1.82, 2.24) is 0 Å². The van der Waals surface area contributed by atoms with E-state index in [2.05, 4.69) is 13.0 Å². The molecule has 2 heterocycles. The maximum Gasteiger partial charge on any atom is 0.265 e. The van der Waals surface area contributed by atoms with Crippen LogP contribution in [0.25, 0.3) is 0 Å². The van der Waals surface area contributed by atoms with Crippen molar-refractivity contribution in [3.63, 3.8) is 0 Å². The van der Waals surface area contributed by atoms with Crippen molar-refractivity contribution in [3.05, 3.63) is 48.5 Å². The van der Waals surface area contributed by atoms with E-state index in [-0.39, 0.29) is 24.8 Å². The molecule has 0 radical (unpaired) electrons.